The second-order valence-electron chi connectivity index (χ2n) is 8.36. The molecule has 2 saturated carbocycles. The summed E-state index contributed by atoms with van der Waals surface area (Å²) in [6.45, 7) is 6.22. The van der Waals surface area contributed by atoms with Crippen LogP contribution in [0.2, 0.25) is 0 Å². The average molecular weight is 262 g/mol. The fraction of sp³-hybridized carbons (Fsp3) is 1.00. The van der Waals surface area contributed by atoms with Gasteiger partial charge in [0.15, 0.2) is 0 Å². The summed E-state index contributed by atoms with van der Waals surface area (Å²) in [5.41, 5.74) is 0.966. The molecule has 2 saturated heterocycles. The van der Waals surface area contributed by atoms with Crippen molar-refractivity contribution in [2.75, 3.05) is 6.54 Å². The highest BCUT2D eigenvalue weighted by atomic mass is 15.1. The molecule has 4 aliphatic rings. The van der Waals surface area contributed by atoms with Crippen molar-refractivity contribution in [1.29, 1.82) is 0 Å². The van der Waals surface area contributed by atoms with Crippen LogP contribution in [0.5, 0.6) is 0 Å². The zero-order valence-electron chi connectivity index (χ0n) is 12.7. The molecule has 19 heavy (non-hydrogen) atoms. The first kappa shape index (κ1) is 12.6. The Morgan fingerprint density at radius 1 is 0.947 bits per heavy atom. The van der Waals surface area contributed by atoms with E-state index in [0.29, 0.717) is 11.1 Å². The Bertz CT molecular complexity index is 368. The molecule has 2 heteroatoms. The molecule has 0 aromatic rings. The summed E-state index contributed by atoms with van der Waals surface area (Å²) in [6, 6.07) is 0.819. The largest absolute Gasteiger partial charge is 0.311 e. The predicted octanol–water partition coefficient (Wildman–Crippen LogP) is 3.08. The van der Waals surface area contributed by atoms with E-state index in [9.17, 15) is 0 Å². The normalized spacial score (nSPS) is 57.2. The molecule has 4 fully saturated rings. The maximum absolute atomic E-state index is 4.02. The van der Waals surface area contributed by atoms with Crippen LogP contribution < -0.4 is 10.6 Å². The fourth-order valence-corrected chi connectivity index (χ4v) is 5.74. The van der Waals surface area contributed by atoms with Gasteiger partial charge in [0, 0.05) is 17.1 Å². The summed E-state index contributed by atoms with van der Waals surface area (Å²) in [4.78, 5) is 0. The monoisotopic (exact) mass is 262 g/mol. The summed E-state index contributed by atoms with van der Waals surface area (Å²) in [6.07, 6.45) is 11.6. The molecule has 2 nitrogen and oxygen atoms in total. The quantitative estimate of drug-likeness (QED) is 0.759. The minimum atomic E-state index is 0.450. The number of rotatable bonds is 1. The van der Waals surface area contributed by atoms with E-state index < -0.39 is 0 Å². The molecule has 4 rings (SSSR count). The molecule has 2 aliphatic carbocycles. The number of nitrogens with one attached hydrogen (secondary N) is 2. The third kappa shape index (κ3) is 1.90. The zero-order valence-corrected chi connectivity index (χ0v) is 12.7. The summed E-state index contributed by atoms with van der Waals surface area (Å²) in [7, 11) is 0. The second-order valence-corrected chi connectivity index (χ2v) is 8.36. The molecule has 2 aliphatic heterocycles. The van der Waals surface area contributed by atoms with Gasteiger partial charge in [0.05, 0.1) is 0 Å². The highest BCUT2D eigenvalue weighted by Crippen LogP contribution is 2.51. The Labute approximate surface area is 118 Å². The van der Waals surface area contributed by atoms with Gasteiger partial charge in [0.1, 0.15) is 0 Å². The van der Waals surface area contributed by atoms with Crippen molar-refractivity contribution >= 4 is 0 Å². The van der Waals surface area contributed by atoms with Gasteiger partial charge in [-0.3, -0.25) is 0 Å². The van der Waals surface area contributed by atoms with Gasteiger partial charge in [0.25, 0.3) is 0 Å². The Morgan fingerprint density at radius 2 is 1.84 bits per heavy atom. The fourth-order valence-electron chi connectivity index (χ4n) is 5.74. The molecule has 0 spiro atoms. The van der Waals surface area contributed by atoms with Gasteiger partial charge in [-0.05, 0) is 89.5 Å². The van der Waals surface area contributed by atoms with Crippen molar-refractivity contribution < 1.29 is 0 Å². The van der Waals surface area contributed by atoms with Crippen molar-refractivity contribution in [2.24, 2.45) is 17.8 Å². The molecule has 0 amide bonds. The van der Waals surface area contributed by atoms with E-state index in [4.69, 9.17) is 0 Å². The van der Waals surface area contributed by atoms with Crippen LogP contribution in [0.1, 0.15) is 65.2 Å². The van der Waals surface area contributed by atoms with Gasteiger partial charge in [-0.1, -0.05) is 0 Å². The van der Waals surface area contributed by atoms with Crippen LogP contribution >= 0.6 is 0 Å². The van der Waals surface area contributed by atoms with Crippen LogP contribution in [-0.4, -0.2) is 23.7 Å². The SMILES string of the molecule is CC12CC(C3CC4CCC4(C)N3)CCC1CCCN2. The number of fused-ring (bicyclic) bond motifs is 2. The molecule has 2 N–H and O–H groups in total. The molecule has 6 atom stereocenters. The zero-order chi connectivity index (χ0) is 13.1. The lowest BCUT2D eigenvalue weighted by Crippen LogP contribution is -2.58. The van der Waals surface area contributed by atoms with E-state index in [2.05, 4.69) is 24.5 Å². The molecular weight excluding hydrogens is 232 g/mol. The smallest absolute Gasteiger partial charge is 0.0184 e. The predicted molar refractivity (Wildman–Crippen MR) is 79.1 cm³/mol. The number of piperidine rings is 1. The average Bonchev–Trinajstić information content (AvgIpc) is 2.62. The Morgan fingerprint density at radius 3 is 2.53 bits per heavy atom. The Hall–Kier alpha value is -0.0800. The van der Waals surface area contributed by atoms with E-state index in [1.807, 2.05) is 0 Å². The maximum atomic E-state index is 4.02. The highest BCUT2D eigenvalue weighted by Gasteiger charge is 2.53. The standard InChI is InChI=1S/C17H30N2/c1-16-8-7-14(16)10-15(19-16)12-5-6-13-4-3-9-18-17(13,2)11-12/h12-15,18-19H,3-11H2,1-2H3. The van der Waals surface area contributed by atoms with Crippen molar-refractivity contribution in [3.8, 4) is 0 Å². The van der Waals surface area contributed by atoms with Crippen molar-refractivity contribution in [1.82, 2.24) is 10.6 Å². The van der Waals surface area contributed by atoms with Crippen LogP contribution in [0.4, 0.5) is 0 Å². The van der Waals surface area contributed by atoms with E-state index in [1.54, 1.807) is 0 Å². The first-order valence-corrected chi connectivity index (χ1v) is 8.62. The molecule has 0 aromatic carbocycles. The van der Waals surface area contributed by atoms with Gasteiger partial charge in [-0.15, -0.1) is 0 Å². The lowest BCUT2D eigenvalue weighted by atomic mass is 9.64. The summed E-state index contributed by atoms with van der Waals surface area (Å²) < 4.78 is 0. The van der Waals surface area contributed by atoms with Crippen LogP contribution in [0, 0.1) is 17.8 Å². The highest BCUT2D eigenvalue weighted by molar-refractivity contribution is 5.11. The molecule has 0 bridgehead atoms. The topological polar surface area (TPSA) is 24.1 Å². The molecule has 108 valence electrons. The summed E-state index contributed by atoms with van der Waals surface area (Å²) in [5, 5.41) is 7.89. The minimum absolute atomic E-state index is 0.450. The third-order valence-electron chi connectivity index (χ3n) is 7.27. The lowest BCUT2D eigenvalue weighted by molar-refractivity contribution is 0.0711. The van der Waals surface area contributed by atoms with E-state index in [0.717, 1.165) is 23.8 Å². The number of hydrogen-bond acceptors (Lipinski definition) is 2. The summed E-state index contributed by atoms with van der Waals surface area (Å²) >= 11 is 0. The minimum Gasteiger partial charge on any atom is -0.311 e. The van der Waals surface area contributed by atoms with Gasteiger partial charge >= 0.3 is 0 Å². The summed E-state index contributed by atoms with van der Waals surface area (Å²) in [5.74, 6) is 2.86. The maximum Gasteiger partial charge on any atom is 0.0184 e. The van der Waals surface area contributed by atoms with Crippen molar-refractivity contribution in [3.63, 3.8) is 0 Å². The van der Waals surface area contributed by atoms with Crippen molar-refractivity contribution in [2.45, 2.75) is 82.3 Å². The molecular formula is C17H30N2. The Kier molecular flexibility index (Phi) is 2.80. The molecule has 0 aromatic heterocycles. The number of hydrogen-bond donors (Lipinski definition) is 2. The first-order chi connectivity index (χ1) is 9.09. The van der Waals surface area contributed by atoms with Gasteiger partial charge in [-0.25, -0.2) is 0 Å². The van der Waals surface area contributed by atoms with Crippen LogP contribution in [0.3, 0.4) is 0 Å². The third-order valence-corrected chi connectivity index (χ3v) is 7.27. The first-order valence-electron chi connectivity index (χ1n) is 8.62. The van der Waals surface area contributed by atoms with E-state index in [-0.39, 0.29) is 0 Å². The van der Waals surface area contributed by atoms with Crippen molar-refractivity contribution in [3.05, 3.63) is 0 Å². The van der Waals surface area contributed by atoms with Gasteiger partial charge < -0.3 is 10.6 Å². The van der Waals surface area contributed by atoms with Gasteiger partial charge in [0.2, 0.25) is 0 Å². The van der Waals surface area contributed by atoms with Crippen LogP contribution in [0.15, 0.2) is 0 Å². The van der Waals surface area contributed by atoms with Crippen LogP contribution in [0.25, 0.3) is 0 Å². The molecule has 0 radical (unpaired) electrons. The molecule has 6 unspecified atom stereocenters. The van der Waals surface area contributed by atoms with E-state index >= 15 is 0 Å². The van der Waals surface area contributed by atoms with Gasteiger partial charge in [-0.2, -0.15) is 0 Å². The van der Waals surface area contributed by atoms with E-state index in [1.165, 1.54) is 57.9 Å². The lowest BCUT2D eigenvalue weighted by Gasteiger charge is -2.50. The van der Waals surface area contributed by atoms with Crippen LogP contribution in [-0.2, 0) is 0 Å². The molecule has 2 heterocycles. The Balaban J connectivity index is 1.46. The second kappa shape index (κ2) is 4.21.